The van der Waals surface area contributed by atoms with Crippen LogP contribution in [0.4, 0.5) is 18.9 Å². The fourth-order valence-electron chi connectivity index (χ4n) is 2.95. The van der Waals surface area contributed by atoms with E-state index in [0.717, 1.165) is 16.8 Å². The minimum atomic E-state index is -4.51. The molecule has 7 nitrogen and oxygen atoms in total. The number of amides is 1. The van der Waals surface area contributed by atoms with Gasteiger partial charge in [-0.15, -0.1) is 0 Å². The Bertz CT molecular complexity index is 1100. The molecular weight excluding hydrogens is 427 g/mol. The van der Waals surface area contributed by atoms with Gasteiger partial charge in [0.2, 0.25) is 0 Å². The Kier molecular flexibility index (Phi) is 6.92. The minimum absolute atomic E-state index is 0.0961. The Morgan fingerprint density at radius 3 is 2.47 bits per heavy atom. The van der Waals surface area contributed by atoms with E-state index < -0.39 is 17.6 Å². The summed E-state index contributed by atoms with van der Waals surface area (Å²) in [5, 5.41) is 6.85. The number of benzene rings is 2. The molecule has 2 aromatic carbocycles. The van der Waals surface area contributed by atoms with Crippen molar-refractivity contribution in [3.8, 4) is 22.9 Å². The molecule has 0 aliphatic rings. The van der Waals surface area contributed by atoms with Crippen LogP contribution in [0, 0.1) is 0 Å². The lowest BCUT2D eigenvalue weighted by Crippen LogP contribution is -2.15. The zero-order valence-electron chi connectivity index (χ0n) is 17.7. The molecule has 3 aromatic rings. The molecule has 0 aliphatic carbocycles. The van der Waals surface area contributed by atoms with Crippen molar-refractivity contribution in [2.45, 2.75) is 20.0 Å². The summed E-state index contributed by atoms with van der Waals surface area (Å²) >= 11 is 0. The van der Waals surface area contributed by atoms with Crippen LogP contribution >= 0.6 is 0 Å². The Morgan fingerprint density at radius 2 is 1.81 bits per heavy atom. The minimum Gasteiger partial charge on any atom is -0.494 e. The molecule has 0 spiro atoms. The molecule has 0 fully saturated rings. The summed E-state index contributed by atoms with van der Waals surface area (Å²) in [7, 11) is 1.34. The first-order valence-electron chi connectivity index (χ1n) is 9.79. The summed E-state index contributed by atoms with van der Waals surface area (Å²) in [5.74, 6) is 0.439. The van der Waals surface area contributed by atoms with E-state index in [9.17, 15) is 18.0 Å². The van der Waals surface area contributed by atoms with E-state index in [2.05, 4.69) is 10.4 Å². The van der Waals surface area contributed by atoms with Crippen LogP contribution in [0.15, 0.2) is 48.7 Å². The first-order chi connectivity index (χ1) is 15.3. The van der Waals surface area contributed by atoms with Gasteiger partial charge in [0.15, 0.2) is 11.4 Å². The molecule has 170 valence electrons. The monoisotopic (exact) mass is 449 g/mol. The first-order valence-corrected chi connectivity index (χ1v) is 9.79. The van der Waals surface area contributed by atoms with Crippen molar-refractivity contribution in [2.75, 3.05) is 25.6 Å². The van der Waals surface area contributed by atoms with Gasteiger partial charge in [0.25, 0.3) is 5.91 Å². The molecule has 0 bridgehead atoms. The predicted octanol–water partition coefficient (Wildman–Crippen LogP) is 4.95. The van der Waals surface area contributed by atoms with Crippen LogP contribution in [-0.2, 0) is 6.18 Å². The zero-order chi connectivity index (χ0) is 23.3. The maximum absolute atomic E-state index is 13.1. The summed E-state index contributed by atoms with van der Waals surface area (Å²) < 4.78 is 56.6. The number of hydrogen-bond donors (Lipinski definition) is 1. The summed E-state index contributed by atoms with van der Waals surface area (Å²) in [5.41, 5.74) is -0.442. The Balaban J connectivity index is 1.93. The van der Waals surface area contributed by atoms with E-state index in [1.165, 1.54) is 25.4 Å². The second-order valence-corrected chi connectivity index (χ2v) is 6.52. The average Bonchev–Trinajstić information content (AvgIpc) is 3.20. The summed E-state index contributed by atoms with van der Waals surface area (Å²) in [4.78, 5) is 12.9. The molecule has 0 atom stereocenters. The number of nitrogens with one attached hydrogen (secondary N) is 1. The largest absolute Gasteiger partial charge is 0.494 e. The maximum atomic E-state index is 13.1. The lowest BCUT2D eigenvalue weighted by atomic mass is 10.2. The second kappa shape index (κ2) is 9.63. The van der Waals surface area contributed by atoms with Gasteiger partial charge in [-0.25, -0.2) is 4.68 Å². The van der Waals surface area contributed by atoms with Crippen molar-refractivity contribution in [3.63, 3.8) is 0 Å². The SMILES string of the molecule is CCOc1ccc(OCC)c(NC(=O)c2nn(-c3cccc(C(F)(F)F)c3)cc2OC)c1. The van der Waals surface area contributed by atoms with Crippen molar-refractivity contribution < 1.29 is 32.2 Å². The van der Waals surface area contributed by atoms with E-state index in [1.807, 2.05) is 13.8 Å². The van der Waals surface area contributed by atoms with Crippen LogP contribution in [0.25, 0.3) is 5.69 Å². The van der Waals surface area contributed by atoms with Gasteiger partial charge >= 0.3 is 6.18 Å². The second-order valence-electron chi connectivity index (χ2n) is 6.52. The van der Waals surface area contributed by atoms with Crippen molar-refractivity contribution in [1.29, 1.82) is 0 Å². The van der Waals surface area contributed by atoms with Crippen LogP contribution in [-0.4, -0.2) is 36.0 Å². The normalized spacial score (nSPS) is 11.2. The number of carbonyl (C=O) groups is 1. The van der Waals surface area contributed by atoms with E-state index in [1.54, 1.807) is 18.2 Å². The topological polar surface area (TPSA) is 74.6 Å². The number of aromatic nitrogens is 2. The number of alkyl halides is 3. The maximum Gasteiger partial charge on any atom is 0.416 e. The standard InChI is InChI=1S/C22H22F3N3O4/c1-4-31-16-9-10-18(32-5-2)17(12-16)26-21(29)20-19(30-3)13-28(27-20)15-8-6-7-14(11-15)22(23,24)25/h6-13H,4-5H2,1-3H3,(H,26,29). The van der Waals surface area contributed by atoms with E-state index in [4.69, 9.17) is 14.2 Å². The predicted molar refractivity (Wildman–Crippen MR) is 112 cm³/mol. The van der Waals surface area contributed by atoms with E-state index >= 15 is 0 Å². The highest BCUT2D eigenvalue weighted by Crippen LogP contribution is 2.32. The lowest BCUT2D eigenvalue weighted by Gasteiger charge is -2.13. The van der Waals surface area contributed by atoms with Crippen molar-refractivity contribution >= 4 is 11.6 Å². The quantitative estimate of drug-likeness (QED) is 0.527. The van der Waals surface area contributed by atoms with E-state index in [-0.39, 0.29) is 17.1 Å². The Morgan fingerprint density at radius 1 is 1.06 bits per heavy atom. The Labute approximate surface area is 182 Å². The number of methoxy groups -OCH3 is 1. The van der Waals surface area contributed by atoms with E-state index in [0.29, 0.717) is 30.4 Å². The smallest absolute Gasteiger partial charge is 0.416 e. The molecule has 0 unspecified atom stereocenters. The molecular formula is C22H22F3N3O4. The molecule has 1 aromatic heterocycles. The molecule has 1 amide bonds. The van der Waals surface area contributed by atoms with Gasteiger partial charge in [0, 0.05) is 6.07 Å². The number of anilines is 1. The number of ether oxygens (including phenoxy) is 3. The van der Waals surface area contributed by atoms with Gasteiger partial charge in [0.1, 0.15) is 11.5 Å². The third kappa shape index (κ3) is 5.13. The van der Waals surface area contributed by atoms with Gasteiger partial charge in [-0.1, -0.05) is 6.07 Å². The van der Waals surface area contributed by atoms with Gasteiger partial charge in [-0.2, -0.15) is 18.3 Å². The van der Waals surface area contributed by atoms with Crippen LogP contribution < -0.4 is 19.5 Å². The van der Waals surface area contributed by atoms with Crippen LogP contribution in [0.2, 0.25) is 0 Å². The van der Waals surface area contributed by atoms with Gasteiger partial charge in [-0.3, -0.25) is 4.79 Å². The molecule has 3 rings (SSSR count). The van der Waals surface area contributed by atoms with Crippen LogP contribution in [0.1, 0.15) is 29.9 Å². The average molecular weight is 449 g/mol. The molecule has 1 N–H and O–H groups in total. The number of rotatable bonds is 8. The first kappa shape index (κ1) is 23.0. The number of hydrogen-bond acceptors (Lipinski definition) is 5. The highest BCUT2D eigenvalue weighted by molar-refractivity contribution is 6.05. The van der Waals surface area contributed by atoms with Gasteiger partial charge in [0.05, 0.1) is 43.5 Å². The van der Waals surface area contributed by atoms with Crippen LogP contribution in [0.5, 0.6) is 17.2 Å². The van der Waals surface area contributed by atoms with Crippen molar-refractivity contribution in [3.05, 3.63) is 59.9 Å². The lowest BCUT2D eigenvalue weighted by molar-refractivity contribution is -0.137. The third-order valence-electron chi connectivity index (χ3n) is 4.36. The van der Waals surface area contributed by atoms with Gasteiger partial charge < -0.3 is 19.5 Å². The summed E-state index contributed by atoms with van der Waals surface area (Å²) in [6.07, 6.45) is -3.17. The highest BCUT2D eigenvalue weighted by Gasteiger charge is 2.31. The van der Waals surface area contributed by atoms with Crippen LogP contribution in [0.3, 0.4) is 0 Å². The van der Waals surface area contributed by atoms with Crippen molar-refractivity contribution in [1.82, 2.24) is 9.78 Å². The molecule has 0 saturated carbocycles. The molecule has 0 radical (unpaired) electrons. The fourth-order valence-corrected chi connectivity index (χ4v) is 2.95. The molecule has 0 saturated heterocycles. The number of nitrogens with zero attached hydrogens (tertiary/aromatic N) is 2. The van der Waals surface area contributed by atoms with Gasteiger partial charge in [-0.05, 0) is 44.2 Å². The summed E-state index contributed by atoms with van der Waals surface area (Å²) in [6, 6.07) is 9.60. The molecule has 32 heavy (non-hydrogen) atoms. The van der Waals surface area contributed by atoms with Crippen molar-refractivity contribution in [2.24, 2.45) is 0 Å². The molecule has 0 aliphatic heterocycles. The third-order valence-corrected chi connectivity index (χ3v) is 4.36. The fraction of sp³-hybridized carbons (Fsp3) is 0.273. The zero-order valence-corrected chi connectivity index (χ0v) is 17.7. The number of halogens is 3. The number of carbonyl (C=O) groups excluding carboxylic acids is 1. The Hall–Kier alpha value is -3.69. The highest BCUT2D eigenvalue weighted by atomic mass is 19.4. The summed E-state index contributed by atoms with van der Waals surface area (Å²) in [6.45, 7) is 4.46. The molecule has 1 heterocycles. The molecule has 10 heteroatoms.